The maximum Gasteiger partial charge on any atom is 0.124 e. The average molecular weight is 307 g/mol. The molecule has 3 rings (SSSR count). The van der Waals surface area contributed by atoms with Crippen molar-refractivity contribution < 1.29 is 8.91 Å². The van der Waals surface area contributed by atoms with Crippen LogP contribution in [0.3, 0.4) is 0 Å². The van der Waals surface area contributed by atoms with Crippen LogP contribution < -0.4 is 0 Å². The Morgan fingerprint density at radius 2 is 2.32 bits per heavy atom. The van der Waals surface area contributed by atoms with Crippen LogP contribution >= 0.6 is 0 Å². The molecule has 3 heterocycles. The Morgan fingerprint density at radius 1 is 1.45 bits per heavy atom. The fourth-order valence-corrected chi connectivity index (χ4v) is 3.09. The Bertz CT molecular complexity index is 585. The third-order valence-corrected chi connectivity index (χ3v) is 4.21. The van der Waals surface area contributed by atoms with Crippen molar-refractivity contribution in [2.75, 3.05) is 20.1 Å². The average Bonchev–Trinajstić information content (AvgIpc) is 3.16. The second-order valence-corrected chi connectivity index (χ2v) is 6.05. The summed E-state index contributed by atoms with van der Waals surface area (Å²) in [6, 6.07) is 4.06. The van der Waals surface area contributed by atoms with E-state index in [0.29, 0.717) is 19.5 Å². The molecule has 0 bridgehead atoms. The first-order valence-corrected chi connectivity index (χ1v) is 7.54. The first kappa shape index (κ1) is 15.2. The molecule has 2 aromatic heterocycles. The summed E-state index contributed by atoms with van der Waals surface area (Å²) < 4.78 is 20.6. The van der Waals surface area contributed by atoms with Gasteiger partial charge in [0.25, 0.3) is 0 Å². The van der Waals surface area contributed by atoms with Crippen molar-refractivity contribution in [1.82, 2.24) is 24.7 Å². The number of rotatable bonds is 6. The van der Waals surface area contributed by atoms with E-state index in [4.69, 9.17) is 4.52 Å². The molecule has 0 aliphatic carbocycles. The minimum absolute atomic E-state index is 0.210. The highest BCUT2D eigenvalue weighted by molar-refractivity contribution is 5.02. The van der Waals surface area contributed by atoms with Crippen LogP contribution in [0.25, 0.3) is 0 Å². The molecule has 0 radical (unpaired) electrons. The topological polar surface area (TPSA) is 50.3 Å². The molecule has 1 aliphatic heterocycles. The van der Waals surface area contributed by atoms with Crippen molar-refractivity contribution in [1.29, 1.82) is 0 Å². The van der Waals surface area contributed by atoms with Crippen molar-refractivity contribution in [3.63, 3.8) is 0 Å². The normalized spacial score (nSPS) is 22.7. The summed E-state index contributed by atoms with van der Waals surface area (Å²) in [4.78, 5) is 4.37. The number of halogens is 1. The van der Waals surface area contributed by atoms with E-state index in [1.807, 2.05) is 30.9 Å². The van der Waals surface area contributed by atoms with E-state index in [9.17, 15) is 4.39 Å². The van der Waals surface area contributed by atoms with Gasteiger partial charge in [-0.15, -0.1) is 0 Å². The van der Waals surface area contributed by atoms with E-state index >= 15 is 0 Å². The van der Waals surface area contributed by atoms with Gasteiger partial charge in [-0.1, -0.05) is 5.16 Å². The minimum Gasteiger partial charge on any atom is -0.364 e. The number of aromatic nitrogens is 3. The first-order valence-electron chi connectivity index (χ1n) is 7.54. The van der Waals surface area contributed by atoms with Gasteiger partial charge in [-0.2, -0.15) is 5.10 Å². The second-order valence-electron chi connectivity index (χ2n) is 6.05. The maximum absolute atomic E-state index is 13.9. The van der Waals surface area contributed by atoms with Crippen molar-refractivity contribution in [3.05, 3.63) is 36.0 Å². The van der Waals surface area contributed by atoms with Gasteiger partial charge in [0.1, 0.15) is 12.4 Å². The summed E-state index contributed by atoms with van der Waals surface area (Å²) in [6.07, 6.45) is 3.19. The highest BCUT2D eigenvalue weighted by atomic mass is 19.1. The molecule has 0 aromatic carbocycles. The van der Waals surface area contributed by atoms with Crippen LogP contribution in [-0.2, 0) is 20.1 Å². The highest BCUT2D eigenvalue weighted by Gasteiger charge is 2.33. The molecule has 0 N–H and O–H groups in total. The van der Waals surface area contributed by atoms with Gasteiger partial charge >= 0.3 is 0 Å². The molecular formula is C15H22FN5O. The smallest absolute Gasteiger partial charge is 0.124 e. The van der Waals surface area contributed by atoms with Crippen molar-refractivity contribution in [3.8, 4) is 0 Å². The van der Waals surface area contributed by atoms with Gasteiger partial charge in [0, 0.05) is 51.5 Å². The Morgan fingerprint density at radius 3 is 3.00 bits per heavy atom. The molecule has 0 spiro atoms. The molecule has 0 saturated carbocycles. The fraction of sp³-hybridized carbons (Fsp3) is 0.600. The van der Waals surface area contributed by atoms with Crippen molar-refractivity contribution in [2.24, 2.45) is 7.05 Å². The molecule has 22 heavy (non-hydrogen) atoms. The van der Waals surface area contributed by atoms with Crippen LogP contribution in [0, 0.1) is 0 Å². The van der Waals surface area contributed by atoms with Crippen LogP contribution in [0.2, 0.25) is 0 Å². The third-order valence-electron chi connectivity index (χ3n) is 4.21. The van der Waals surface area contributed by atoms with E-state index in [-0.39, 0.29) is 6.04 Å². The second kappa shape index (κ2) is 6.58. The summed E-state index contributed by atoms with van der Waals surface area (Å²) in [5, 5.41) is 8.10. The van der Waals surface area contributed by atoms with Crippen LogP contribution in [0.5, 0.6) is 0 Å². The van der Waals surface area contributed by atoms with Gasteiger partial charge in [-0.05, 0) is 19.5 Å². The van der Waals surface area contributed by atoms with Crippen LogP contribution in [-0.4, -0.2) is 57.1 Å². The van der Waals surface area contributed by atoms with Crippen molar-refractivity contribution >= 4 is 0 Å². The van der Waals surface area contributed by atoms with Crippen molar-refractivity contribution in [2.45, 2.75) is 31.7 Å². The predicted octanol–water partition coefficient (Wildman–Crippen LogP) is 1.45. The molecule has 0 unspecified atom stereocenters. The lowest BCUT2D eigenvalue weighted by molar-refractivity contribution is 0.175. The zero-order valence-electron chi connectivity index (χ0n) is 13.0. The largest absolute Gasteiger partial charge is 0.364 e. The Balaban J connectivity index is 1.59. The predicted molar refractivity (Wildman–Crippen MR) is 79.8 cm³/mol. The molecule has 0 amide bonds. The quantitative estimate of drug-likeness (QED) is 0.808. The van der Waals surface area contributed by atoms with E-state index in [0.717, 1.165) is 24.5 Å². The molecule has 6 nitrogen and oxygen atoms in total. The molecular weight excluding hydrogens is 285 g/mol. The third kappa shape index (κ3) is 3.53. The number of nitrogens with zero attached hydrogens (tertiary/aromatic N) is 5. The fourth-order valence-electron chi connectivity index (χ4n) is 3.09. The van der Waals surface area contributed by atoms with Crippen LogP contribution in [0.1, 0.15) is 17.8 Å². The monoisotopic (exact) mass is 307 g/mol. The molecule has 2 aromatic rings. The Hall–Kier alpha value is -1.73. The summed E-state index contributed by atoms with van der Waals surface area (Å²) in [6.45, 7) is 2.75. The van der Waals surface area contributed by atoms with Gasteiger partial charge < -0.3 is 4.52 Å². The minimum atomic E-state index is -0.751. The van der Waals surface area contributed by atoms with Gasteiger partial charge in [0.05, 0.1) is 11.4 Å². The number of likely N-dealkylation sites (tertiary alicyclic amines) is 1. The van der Waals surface area contributed by atoms with E-state index in [2.05, 4.69) is 20.1 Å². The molecule has 120 valence electrons. The summed E-state index contributed by atoms with van der Waals surface area (Å²) in [5.41, 5.74) is 2.01. The molecule has 1 fully saturated rings. The lowest BCUT2D eigenvalue weighted by atomic mass is 10.2. The molecule has 1 saturated heterocycles. The number of hydrogen-bond donors (Lipinski definition) is 0. The molecule has 1 aliphatic rings. The number of alkyl halides is 1. The number of hydrogen-bond acceptors (Lipinski definition) is 5. The van der Waals surface area contributed by atoms with E-state index in [1.165, 1.54) is 0 Å². The Kier molecular flexibility index (Phi) is 4.54. The Labute approximate surface area is 129 Å². The van der Waals surface area contributed by atoms with Gasteiger partial charge in [0.2, 0.25) is 0 Å². The van der Waals surface area contributed by atoms with Crippen LogP contribution in [0.4, 0.5) is 4.39 Å². The van der Waals surface area contributed by atoms with Gasteiger partial charge in [0.15, 0.2) is 0 Å². The van der Waals surface area contributed by atoms with Crippen LogP contribution in [0.15, 0.2) is 29.1 Å². The zero-order chi connectivity index (χ0) is 15.5. The summed E-state index contributed by atoms with van der Waals surface area (Å²) in [5.74, 6) is 0. The first-order chi connectivity index (χ1) is 10.6. The lowest BCUT2D eigenvalue weighted by Crippen LogP contribution is -2.38. The summed E-state index contributed by atoms with van der Waals surface area (Å²) in [7, 11) is 3.95. The highest BCUT2D eigenvalue weighted by Crippen LogP contribution is 2.23. The molecule has 7 heteroatoms. The number of likely N-dealkylation sites (N-methyl/N-ethyl adjacent to an activating group) is 1. The zero-order valence-corrected chi connectivity index (χ0v) is 13.0. The van der Waals surface area contributed by atoms with E-state index < -0.39 is 6.17 Å². The molecule has 2 atom stereocenters. The maximum atomic E-state index is 13.9. The summed E-state index contributed by atoms with van der Waals surface area (Å²) >= 11 is 0. The van der Waals surface area contributed by atoms with Gasteiger partial charge in [-0.3, -0.25) is 14.5 Å². The van der Waals surface area contributed by atoms with Gasteiger partial charge in [-0.25, -0.2) is 4.39 Å². The SMILES string of the molecule is CN(Cc1ccon1)C[C@@H]1C[C@H](F)CN1Cc1ccnn1C. The standard InChI is InChI=1S/C15H22FN5O/c1-19(9-13-4-6-22-18-13)10-15-7-12(16)8-21(15)11-14-3-5-17-20(14)2/h3-6,12,15H,7-11H2,1-2H3/t12-,15-/m0/s1. The van der Waals surface area contributed by atoms with E-state index in [1.54, 1.807) is 12.5 Å². The number of aryl methyl sites for hydroxylation is 1. The lowest BCUT2D eigenvalue weighted by Gasteiger charge is -2.27.